The van der Waals surface area contributed by atoms with Crippen LogP contribution < -0.4 is 0 Å². The summed E-state index contributed by atoms with van der Waals surface area (Å²) in [6.45, 7) is 4.49. The SMILES string of the molecule is CC1(C)c2cc(C#N)ccc2-c2c(-c3ccc(-c4cc(-c5ccccc5)nc(-c5ccccc5)n4)cc3)cccc21. The van der Waals surface area contributed by atoms with Crippen LogP contribution in [0.1, 0.15) is 30.5 Å². The van der Waals surface area contributed by atoms with E-state index in [0.29, 0.717) is 11.4 Å². The van der Waals surface area contributed by atoms with Crippen molar-refractivity contribution in [3.8, 4) is 62.2 Å². The lowest BCUT2D eigenvalue weighted by Gasteiger charge is -2.21. The summed E-state index contributed by atoms with van der Waals surface area (Å²) in [4.78, 5) is 9.91. The third kappa shape index (κ3) is 4.22. The van der Waals surface area contributed by atoms with E-state index in [0.717, 1.165) is 33.6 Å². The lowest BCUT2D eigenvalue weighted by molar-refractivity contribution is 0.660. The molecule has 3 nitrogen and oxygen atoms in total. The Hall–Kier alpha value is -5.33. The van der Waals surface area contributed by atoms with Gasteiger partial charge in [0.2, 0.25) is 0 Å². The number of rotatable bonds is 4. The van der Waals surface area contributed by atoms with E-state index in [2.05, 4.69) is 86.6 Å². The first kappa shape index (κ1) is 24.7. The highest BCUT2D eigenvalue weighted by Gasteiger charge is 2.37. The van der Waals surface area contributed by atoms with Gasteiger partial charge in [-0.1, -0.05) is 123 Å². The largest absolute Gasteiger partial charge is 0.228 e. The highest BCUT2D eigenvalue weighted by atomic mass is 14.9. The molecule has 0 saturated carbocycles. The molecule has 1 aliphatic carbocycles. The van der Waals surface area contributed by atoms with Gasteiger partial charge in [0.05, 0.1) is 23.0 Å². The molecule has 6 aromatic rings. The standard InChI is InChI=1S/C38H27N3/c1-38(2)32-15-9-14-30(36(32)31-21-16-25(24-39)22-33(31)38)26-17-19-28(20-18-26)35-23-34(27-10-5-3-6-11-27)40-37(41-35)29-12-7-4-8-13-29/h3-23H,1-2H3. The molecular weight excluding hydrogens is 498 g/mol. The first-order valence-corrected chi connectivity index (χ1v) is 13.8. The molecule has 7 rings (SSSR count). The molecule has 41 heavy (non-hydrogen) atoms. The van der Waals surface area contributed by atoms with Gasteiger partial charge in [-0.2, -0.15) is 5.26 Å². The van der Waals surface area contributed by atoms with Crippen molar-refractivity contribution in [2.75, 3.05) is 0 Å². The molecule has 0 aliphatic heterocycles. The summed E-state index contributed by atoms with van der Waals surface area (Å²) in [6.07, 6.45) is 0. The lowest BCUT2D eigenvalue weighted by atomic mass is 9.81. The fourth-order valence-corrected chi connectivity index (χ4v) is 5.99. The molecule has 5 aromatic carbocycles. The molecular formula is C38H27N3. The van der Waals surface area contributed by atoms with Crippen molar-refractivity contribution < 1.29 is 0 Å². The van der Waals surface area contributed by atoms with Crippen LogP contribution in [0, 0.1) is 11.3 Å². The molecule has 0 unspecified atom stereocenters. The number of fused-ring (bicyclic) bond motifs is 3. The molecule has 0 bridgehead atoms. The van der Waals surface area contributed by atoms with E-state index in [9.17, 15) is 5.26 Å². The van der Waals surface area contributed by atoms with Crippen LogP contribution in [0.15, 0.2) is 127 Å². The van der Waals surface area contributed by atoms with E-state index in [1.807, 2.05) is 60.7 Å². The second-order valence-corrected chi connectivity index (χ2v) is 11.0. The molecule has 3 heteroatoms. The van der Waals surface area contributed by atoms with Gasteiger partial charge in [-0.15, -0.1) is 0 Å². The number of nitrogens with zero attached hydrogens (tertiary/aromatic N) is 3. The molecule has 0 saturated heterocycles. The fourth-order valence-electron chi connectivity index (χ4n) is 5.99. The minimum absolute atomic E-state index is 0.171. The topological polar surface area (TPSA) is 49.6 Å². The number of benzene rings is 5. The van der Waals surface area contributed by atoms with Crippen LogP contribution in [0.5, 0.6) is 0 Å². The van der Waals surface area contributed by atoms with Crippen LogP contribution in [0.25, 0.3) is 56.2 Å². The summed E-state index contributed by atoms with van der Waals surface area (Å²) in [7, 11) is 0. The van der Waals surface area contributed by atoms with E-state index >= 15 is 0 Å². The fraction of sp³-hybridized carbons (Fsp3) is 0.0789. The molecule has 0 atom stereocenters. The number of hydrogen-bond acceptors (Lipinski definition) is 3. The molecule has 1 heterocycles. The monoisotopic (exact) mass is 525 g/mol. The molecule has 0 spiro atoms. The van der Waals surface area contributed by atoms with Gasteiger partial charge >= 0.3 is 0 Å². The van der Waals surface area contributed by atoms with Gasteiger partial charge in [0.25, 0.3) is 0 Å². The zero-order valence-corrected chi connectivity index (χ0v) is 23.0. The van der Waals surface area contributed by atoms with Gasteiger partial charge in [0, 0.05) is 22.1 Å². The maximum absolute atomic E-state index is 9.51. The van der Waals surface area contributed by atoms with Crippen molar-refractivity contribution in [1.29, 1.82) is 5.26 Å². The third-order valence-electron chi connectivity index (χ3n) is 8.15. The van der Waals surface area contributed by atoms with E-state index in [-0.39, 0.29) is 5.41 Å². The molecule has 0 fully saturated rings. The average molecular weight is 526 g/mol. The van der Waals surface area contributed by atoms with Crippen molar-refractivity contribution in [3.05, 3.63) is 144 Å². The Labute approximate surface area is 240 Å². The van der Waals surface area contributed by atoms with Crippen LogP contribution in [0.4, 0.5) is 0 Å². The van der Waals surface area contributed by atoms with E-state index in [1.54, 1.807) is 0 Å². The summed E-state index contributed by atoms with van der Waals surface area (Å²) < 4.78 is 0. The predicted molar refractivity (Wildman–Crippen MR) is 166 cm³/mol. The van der Waals surface area contributed by atoms with Crippen LogP contribution in [0.3, 0.4) is 0 Å². The normalized spacial score (nSPS) is 12.8. The molecule has 0 N–H and O–H groups in total. The van der Waals surface area contributed by atoms with Gasteiger partial charge in [0.1, 0.15) is 0 Å². The summed E-state index contributed by atoms with van der Waals surface area (Å²) >= 11 is 0. The van der Waals surface area contributed by atoms with E-state index < -0.39 is 0 Å². The maximum Gasteiger partial charge on any atom is 0.160 e. The summed E-state index contributed by atoms with van der Waals surface area (Å²) in [5, 5.41) is 9.51. The third-order valence-corrected chi connectivity index (χ3v) is 8.15. The Bertz CT molecular complexity index is 1890. The quantitative estimate of drug-likeness (QED) is 0.230. The summed E-state index contributed by atoms with van der Waals surface area (Å²) in [5.74, 6) is 0.711. The molecule has 1 aromatic heterocycles. The van der Waals surface area contributed by atoms with Crippen molar-refractivity contribution in [2.45, 2.75) is 19.3 Å². The second-order valence-electron chi connectivity index (χ2n) is 11.0. The van der Waals surface area contributed by atoms with Crippen molar-refractivity contribution in [2.24, 2.45) is 0 Å². The highest BCUT2D eigenvalue weighted by molar-refractivity contribution is 5.93. The van der Waals surface area contributed by atoms with Gasteiger partial charge in [-0.3, -0.25) is 0 Å². The van der Waals surface area contributed by atoms with Crippen LogP contribution in [-0.2, 0) is 5.41 Å². The zero-order valence-electron chi connectivity index (χ0n) is 23.0. The first-order chi connectivity index (χ1) is 20.0. The lowest BCUT2D eigenvalue weighted by Crippen LogP contribution is -2.15. The van der Waals surface area contributed by atoms with Gasteiger partial charge in [0.15, 0.2) is 5.82 Å². The Morgan fingerprint density at radius 2 is 1.15 bits per heavy atom. The minimum atomic E-state index is -0.171. The van der Waals surface area contributed by atoms with Gasteiger partial charge in [-0.25, -0.2) is 9.97 Å². The average Bonchev–Trinajstić information content (AvgIpc) is 3.27. The Balaban J connectivity index is 1.33. The maximum atomic E-state index is 9.51. The Morgan fingerprint density at radius 1 is 0.537 bits per heavy atom. The minimum Gasteiger partial charge on any atom is -0.228 e. The Kier molecular flexibility index (Phi) is 5.84. The molecule has 194 valence electrons. The van der Waals surface area contributed by atoms with Crippen LogP contribution >= 0.6 is 0 Å². The van der Waals surface area contributed by atoms with E-state index in [1.165, 1.54) is 27.8 Å². The first-order valence-electron chi connectivity index (χ1n) is 13.8. The summed E-state index contributed by atoms with van der Waals surface area (Å²) in [5.41, 5.74) is 12.7. The number of hydrogen-bond donors (Lipinski definition) is 0. The molecule has 0 radical (unpaired) electrons. The van der Waals surface area contributed by atoms with Crippen LogP contribution in [0.2, 0.25) is 0 Å². The van der Waals surface area contributed by atoms with Gasteiger partial charge < -0.3 is 0 Å². The van der Waals surface area contributed by atoms with Crippen molar-refractivity contribution in [3.63, 3.8) is 0 Å². The van der Waals surface area contributed by atoms with Crippen molar-refractivity contribution in [1.82, 2.24) is 9.97 Å². The molecule has 1 aliphatic rings. The summed E-state index contributed by atoms with van der Waals surface area (Å²) in [6, 6.07) is 46.1. The smallest absolute Gasteiger partial charge is 0.160 e. The number of nitriles is 1. The molecule has 0 amide bonds. The van der Waals surface area contributed by atoms with Gasteiger partial charge in [-0.05, 0) is 51.6 Å². The Morgan fingerprint density at radius 3 is 1.80 bits per heavy atom. The second kappa shape index (κ2) is 9.70. The number of aromatic nitrogens is 2. The predicted octanol–water partition coefficient (Wildman–Crippen LogP) is 9.32. The highest BCUT2D eigenvalue weighted by Crippen LogP contribution is 2.52. The van der Waals surface area contributed by atoms with E-state index in [4.69, 9.17) is 9.97 Å². The van der Waals surface area contributed by atoms with Crippen molar-refractivity contribution >= 4 is 0 Å². The zero-order chi connectivity index (χ0) is 28.0. The van der Waals surface area contributed by atoms with Crippen LogP contribution in [-0.4, -0.2) is 9.97 Å².